The van der Waals surface area contributed by atoms with Crippen LogP contribution in [0.3, 0.4) is 0 Å². The highest BCUT2D eigenvalue weighted by atomic mass is 19.1. The van der Waals surface area contributed by atoms with Crippen molar-refractivity contribution >= 4 is 17.4 Å². The lowest BCUT2D eigenvalue weighted by atomic mass is 10.2. The number of benzene rings is 2. The second-order valence-corrected chi connectivity index (χ2v) is 6.06. The zero-order valence-electron chi connectivity index (χ0n) is 14.9. The van der Waals surface area contributed by atoms with E-state index in [4.69, 9.17) is 4.74 Å². The van der Waals surface area contributed by atoms with E-state index in [1.165, 1.54) is 12.1 Å². The number of anilines is 2. The van der Waals surface area contributed by atoms with Crippen LogP contribution in [0, 0.1) is 12.7 Å². The van der Waals surface area contributed by atoms with E-state index in [0.29, 0.717) is 23.8 Å². The Balaban J connectivity index is 1.45. The molecule has 1 amide bonds. The first kappa shape index (κ1) is 18.4. The summed E-state index contributed by atoms with van der Waals surface area (Å²) in [5.74, 6) is 0.787. The van der Waals surface area contributed by atoms with Crippen molar-refractivity contribution < 1.29 is 13.9 Å². The Bertz CT molecular complexity index is 879. The number of ether oxygens (including phenoxy) is 1. The number of hydrogen-bond donors (Lipinski definition) is 2. The van der Waals surface area contributed by atoms with E-state index in [0.717, 1.165) is 11.1 Å². The fourth-order valence-electron chi connectivity index (χ4n) is 2.35. The third kappa shape index (κ3) is 5.81. The summed E-state index contributed by atoms with van der Waals surface area (Å²) < 4.78 is 18.3. The van der Waals surface area contributed by atoms with Crippen molar-refractivity contribution in [3.63, 3.8) is 0 Å². The lowest BCUT2D eigenvalue weighted by Crippen LogP contribution is -2.20. The minimum absolute atomic E-state index is 0.0758. The second-order valence-electron chi connectivity index (χ2n) is 6.06. The van der Waals surface area contributed by atoms with E-state index >= 15 is 0 Å². The van der Waals surface area contributed by atoms with Crippen molar-refractivity contribution in [2.24, 2.45) is 0 Å². The van der Waals surface area contributed by atoms with Gasteiger partial charge in [-0.25, -0.2) is 9.37 Å². The molecule has 3 aromatic rings. The molecule has 0 radical (unpaired) electrons. The van der Waals surface area contributed by atoms with Gasteiger partial charge >= 0.3 is 0 Å². The van der Waals surface area contributed by atoms with Crippen LogP contribution in [0.2, 0.25) is 0 Å². The van der Waals surface area contributed by atoms with Gasteiger partial charge in [-0.05, 0) is 48.9 Å². The van der Waals surface area contributed by atoms with Gasteiger partial charge in [-0.15, -0.1) is 0 Å². The zero-order valence-corrected chi connectivity index (χ0v) is 14.9. The maximum absolute atomic E-state index is 12.9. The van der Waals surface area contributed by atoms with E-state index in [1.807, 2.05) is 31.2 Å². The summed E-state index contributed by atoms with van der Waals surface area (Å²) in [6.07, 6.45) is 1.57. The fraction of sp³-hybridized carbons (Fsp3) is 0.143. The number of pyridine rings is 1. The van der Waals surface area contributed by atoms with Gasteiger partial charge in [0.25, 0.3) is 5.91 Å². The lowest BCUT2D eigenvalue weighted by Gasteiger charge is -2.09. The number of aryl methyl sites for hydroxylation is 1. The molecular formula is C21H20FN3O2. The van der Waals surface area contributed by atoms with Crippen LogP contribution in [-0.2, 0) is 11.3 Å². The van der Waals surface area contributed by atoms with Crippen LogP contribution in [-0.4, -0.2) is 17.5 Å². The minimum Gasteiger partial charge on any atom is -0.484 e. The van der Waals surface area contributed by atoms with Gasteiger partial charge in [-0.2, -0.15) is 0 Å². The van der Waals surface area contributed by atoms with Crippen LogP contribution >= 0.6 is 0 Å². The van der Waals surface area contributed by atoms with Crippen molar-refractivity contribution in [2.45, 2.75) is 13.5 Å². The molecule has 3 rings (SSSR count). The van der Waals surface area contributed by atoms with Crippen molar-refractivity contribution in [2.75, 3.05) is 17.2 Å². The van der Waals surface area contributed by atoms with Crippen LogP contribution in [0.25, 0.3) is 0 Å². The molecule has 6 heteroatoms. The highest BCUT2D eigenvalue weighted by Gasteiger charge is 2.05. The third-order valence-corrected chi connectivity index (χ3v) is 3.83. The molecule has 0 saturated carbocycles. The van der Waals surface area contributed by atoms with E-state index in [-0.39, 0.29) is 18.3 Å². The number of aromatic nitrogens is 1. The molecule has 0 aliphatic carbocycles. The number of amides is 1. The summed E-state index contributed by atoms with van der Waals surface area (Å²) >= 11 is 0. The Morgan fingerprint density at radius 2 is 1.78 bits per heavy atom. The summed E-state index contributed by atoms with van der Waals surface area (Å²) in [5, 5.41) is 5.88. The van der Waals surface area contributed by atoms with Crippen molar-refractivity contribution in [3.05, 3.63) is 83.8 Å². The van der Waals surface area contributed by atoms with E-state index in [1.54, 1.807) is 30.5 Å². The van der Waals surface area contributed by atoms with Gasteiger partial charge in [0.05, 0.1) is 11.9 Å². The first-order valence-electron chi connectivity index (χ1n) is 8.52. The maximum atomic E-state index is 12.9. The Hall–Kier alpha value is -3.41. The fourth-order valence-corrected chi connectivity index (χ4v) is 2.35. The molecule has 1 heterocycles. The van der Waals surface area contributed by atoms with Crippen LogP contribution in [0.15, 0.2) is 66.9 Å². The van der Waals surface area contributed by atoms with E-state index in [2.05, 4.69) is 15.6 Å². The molecule has 1 aromatic heterocycles. The second kappa shape index (κ2) is 8.80. The molecular weight excluding hydrogens is 345 g/mol. The zero-order chi connectivity index (χ0) is 19.1. The smallest absolute Gasteiger partial charge is 0.262 e. The molecule has 5 nitrogen and oxygen atoms in total. The lowest BCUT2D eigenvalue weighted by molar-refractivity contribution is -0.118. The summed E-state index contributed by atoms with van der Waals surface area (Å²) in [6, 6.07) is 17.3. The summed E-state index contributed by atoms with van der Waals surface area (Å²) in [4.78, 5) is 16.2. The number of halogens is 1. The maximum Gasteiger partial charge on any atom is 0.262 e. The van der Waals surface area contributed by atoms with Gasteiger partial charge in [-0.1, -0.05) is 29.8 Å². The molecule has 0 fully saturated rings. The van der Waals surface area contributed by atoms with Gasteiger partial charge < -0.3 is 15.4 Å². The SMILES string of the molecule is Cc1ccc(OCC(=O)Nc2ccc(NCc3ccc(F)cc3)nc2)cc1. The monoisotopic (exact) mass is 365 g/mol. The van der Waals surface area contributed by atoms with Gasteiger partial charge in [0.1, 0.15) is 17.4 Å². The summed E-state index contributed by atoms with van der Waals surface area (Å²) in [6.45, 7) is 2.44. The van der Waals surface area contributed by atoms with Crippen LogP contribution in [0.5, 0.6) is 5.75 Å². The van der Waals surface area contributed by atoms with Crippen molar-refractivity contribution in [1.29, 1.82) is 0 Å². The first-order valence-corrected chi connectivity index (χ1v) is 8.52. The van der Waals surface area contributed by atoms with E-state index in [9.17, 15) is 9.18 Å². The van der Waals surface area contributed by atoms with Crippen molar-refractivity contribution in [1.82, 2.24) is 4.98 Å². The molecule has 2 aromatic carbocycles. The Kier molecular flexibility index (Phi) is 5.99. The topological polar surface area (TPSA) is 63.2 Å². The number of carbonyl (C=O) groups is 1. The highest BCUT2D eigenvalue weighted by molar-refractivity contribution is 5.91. The number of hydrogen-bond acceptors (Lipinski definition) is 4. The molecule has 0 atom stereocenters. The number of carbonyl (C=O) groups excluding carboxylic acids is 1. The standard InChI is InChI=1S/C21H20FN3O2/c1-15-2-9-19(10-3-15)27-14-21(26)25-18-8-11-20(24-13-18)23-12-16-4-6-17(22)7-5-16/h2-11,13H,12,14H2,1H3,(H,23,24)(H,25,26). The normalized spacial score (nSPS) is 10.3. The quantitative estimate of drug-likeness (QED) is 0.660. The molecule has 27 heavy (non-hydrogen) atoms. The minimum atomic E-state index is -0.261. The van der Waals surface area contributed by atoms with E-state index < -0.39 is 0 Å². The Morgan fingerprint density at radius 1 is 1.04 bits per heavy atom. The molecule has 138 valence electrons. The molecule has 0 aliphatic heterocycles. The third-order valence-electron chi connectivity index (χ3n) is 3.83. The first-order chi connectivity index (χ1) is 13.1. The summed E-state index contributed by atoms with van der Waals surface area (Å²) in [7, 11) is 0. The highest BCUT2D eigenvalue weighted by Crippen LogP contribution is 2.13. The number of nitrogens with one attached hydrogen (secondary N) is 2. The summed E-state index contributed by atoms with van der Waals surface area (Å²) in [5.41, 5.74) is 2.66. The van der Waals surface area contributed by atoms with Gasteiger partial charge in [0.2, 0.25) is 0 Å². The average molecular weight is 365 g/mol. The predicted molar refractivity (Wildman–Crippen MR) is 103 cm³/mol. The Morgan fingerprint density at radius 3 is 2.44 bits per heavy atom. The van der Waals surface area contributed by atoms with Crippen LogP contribution in [0.1, 0.15) is 11.1 Å². The Labute approximate surface area is 157 Å². The predicted octanol–water partition coefficient (Wildman–Crippen LogP) is 4.16. The number of nitrogens with zero attached hydrogens (tertiary/aromatic N) is 1. The molecule has 0 bridgehead atoms. The molecule has 0 spiro atoms. The average Bonchev–Trinajstić information content (AvgIpc) is 2.68. The molecule has 0 aliphatic rings. The molecule has 2 N–H and O–H groups in total. The van der Waals surface area contributed by atoms with Gasteiger partial charge in [-0.3, -0.25) is 4.79 Å². The molecule has 0 saturated heterocycles. The van der Waals surface area contributed by atoms with Gasteiger partial charge in [0.15, 0.2) is 6.61 Å². The van der Waals surface area contributed by atoms with Gasteiger partial charge in [0, 0.05) is 6.54 Å². The van der Waals surface area contributed by atoms with Crippen LogP contribution in [0.4, 0.5) is 15.9 Å². The largest absolute Gasteiger partial charge is 0.484 e. The number of rotatable bonds is 7. The molecule has 0 unspecified atom stereocenters. The van der Waals surface area contributed by atoms with Crippen molar-refractivity contribution in [3.8, 4) is 5.75 Å². The van der Waals surface area contributed by atoms with Crippen LogP contribution < -0.4 is 15.4 Å².